The van der Waals surface area contributed by atoms with Gasteiger partial charge in [0.05, 0.1) is 0 Å². The van der Waals surface area contributed by atoms with Crippen LogP contribution in [0.2, 0.25) is 10.0 Å². The number of hydrogen-bond donors (Lipinski definition) is 1. The van der Waals surface area contributed by atoms with E-state index in [1.807, 2.05) is 69.3 Å². The third-order valence-electron chi connectivity index (χ3n) is 5.85. The Morgan fingerprint density at radius 2 is 1.63 bits per heavy atom. The summed E-state index contributed by atoms with van der Waals surface area (Å²) in [4.78, 5) is 28.3. The third kappa shape index (κ3) is 7.23. The highest BCUT2D eigenvalue weighted by molar-refractivity contribution is 6.36. The summed E-state index contributed by atoms with van der Waals surface area (Å²) in [7, 11) is 0. The van der Waals surface area contributed by atoms with E-state index in [1.54, 1.807) is 18.2 Å². The van der Waals surface area contributed by atoms with Crippen molar-refractivity contribution < 1.29 is 14.3 Å². The maximum atomic E-state index is 13.6. The number of halogens is 2. The summed E-state index contributed by atoms with van der Waals surface area (Å²) < 4.78 is 5.83. The number of carbonyl (C=O) groups is 2. The highest BCUT2D eigenvalue weighted by Crippen LogP contribution is 2.27. The molecule has 2 amide bonds. The number of carbonyl (C=O) groups excluding carboxylic acids is 2. The predicted molar refractivity (Wildman–Crippen MR) is 141 cm³/mol. The zero-order chi connectivity index (χ0) is 25.4. The summed E-state index contributed by atoms with van der Waals surface area (Å²) >= 11 is 12.9. The standard InChI is InChI=1S/C28H30Cl2N2O3/c1-4-31-28(34)26(16-21-9-6-5-7-10-21)32(17-23-24(29)11-8-12-25(23)30)27(33)18-35-22-14-13-19(2)20(3)15-22/h5-15,26H,4,16-18H2,1-3H3,(H,31,34)/t26-/m0/s1. The van der Waals surface area contributed by atoms with E-state index in [-0.39, 0.29) is 25.0 Å². The summed E-state index contributed by atoms with van der Waals surface area (Å²) in [5, 5.41) is 3.72. The monoisotopic (exact) mass is 512 g/mol. The van der Waals surface area contributed by atoms with Gasteiger partial charge in [-0.2, -0.15) is 0 Å². The van der Waals surface area contributed by atoms with Crippen LogP contribution in [-0.4, -0.2) is 35.9 Å². The van der Waals surface area contributed by atoms with Gasteiger partial charge in [-0.3, -0.25) is 9.59 Å². The first-order valence-corrected chi connectivity index (χ1v) is 12.3. The van der Waals surface area contributed by atoms with Gasteiger partial charge in [-0.05, 0) is 61.7 Å². The molecule has 0 spiro atoms. The summed E-state index contributed by atoms with van der Waals surface area (Å²) in [6, 6.07) is 19.7. The molecular weight excluding hydrogens is 483 g/mol. The highest BCUT2D eigenvalue weighted by atomic mass is 35.5. The number of nitrogens with zero attached hydrogens (tertiary/aromatic N) is 1. The van der Waals surface area contributed by atoms with E-state index in [9.17, 15) is 9.59 Å². The van der Waals surface area contributed by atoms with Crippen LogP contribution in [0.15, 0.2) is 66.7 Å². The molecule has 0 aliphatic heterocycles. The Bertz CT molecular complexity index is 1150. The second kappa shape index (κ2) is 12.6. The molecular formula is C28H30Cl2N2O3. The molecule has 0 fully saturated rings. The van der Waals surface area contributed by atoms with E-state index in [2.05, 4.69) is 5.32 Å². The van der Waals surface area contributed by atoms with E-state index < -0.39 is 6.04 Å². The van der Waals surface area contributed by atoms with Crippen LogP contribution in [0.1, 0.15) is 29.2 Å². The number of rotatable bonds is 10. The maximum Gasteiger partial charge on any atom is 0.261 e. The number of hydrogen-bond acceptors (Lipinski definition) is 3. The quantitative estimate of drug-likeness (QED) is 0.375. The van der Waals surface area contributed by atoms with Crippen LogP contribution in [-0.2, 0) is 22.6 Å². The number of nitrogens with one attached hydrogen (secondary N) is 1. The van der Waals surface area contributed by atoms with E-state index in [4.69, 9.17) is 27.9 Å². The maximum absolute atomic E-state index is 13.6. The van der Waals surface area contributed by atoms with E-state index in [1.165, 1.54) is 4.90 Å². The largest absolute Gasteiger partial charge is 0.484 e. The van der Waals surface area contributed by atoms with Gasteiger partial charge in [0.15, 0.2) is 6.61 Å². The van der Waals surface area contributed by atoms with Crippen LogP contribution < -0.4 is 10.1 Å². The SMILES string of the molecule is CCNC(=O)[C@H](Cc1ccccc1)N(Cc1c(Cl)cccc1Cl)C(=O)COc1ccc(C)c(C)c1. The Balaban J connectivity index is 1.94. The minimum absolute atomic E-state index is 0.0717. The van der Waals surface area contributed by atoms with Crippen LogP contribution in [0.5, 0.6) is 5.75 Å². The lowest BCUT2D eigenvalue weighted by atomic mass is 10.0. The molecule has 0 saturated heterocycles. The van der Waals surface area contributed by atoms with Crippen LogP contribution >= 0.6 is 23.2 Å². The molecule has 35 heavy (non-hydrogen) atoms. The van der Waals surface area contributed by atoms with Crippen molar-refractivity contribution in [1.82, 2.24) is 10.2 Å². The van der Waals surface area contributed by atoms with Crippen molar-refractivity contribution >= 4 is 35.0 Å². The van der Waals surface area contributed by atoms with Crippen LogP contribution in [0.25, 0.3) is 0 Å². The Kier molecular flexibility index (Phi) is 9.58. The van der Waals surface area contributed by atoms with Crippen LogP contribution in [0.4, 0.5) is 0 Å². The first-order valence-electron chi connectivity index (χ1n) is 11.5. The van der Waals surface area contributed by atoms with Gasteiger partial charge < -0.3 is 15.0 Å². The van der Waals surface area contributed by atoms with Gasteiger partial charge in [-0.25, -0.2) is 0 Å². The molecule has 3 aromatic rings. The molecule has 5 nitrogen and oxygen atoms in total. The van der Waals surface area contributed by atoms with Crippen molar-refractivity contribution in [1.29, 1.82) is 0 Å². The molecule has 0 bridgehead atoms. The molecule has 0 saturated carbocycles. The fourth-order valence-electron chi connectivity index (χ4n) is 3.73. The molecule has 1 N–H and O–H groups in total. The first kappa shape index (κ1) is 26.6. The third-order valence-corrected chi connectivity index (χ3v) is 6.56. The number of amides is 2. The van der Waals surface area contributed by atoms with Gasteiger partial charge in [-0.15, -0.1) is 0 Å². The minimum atomic E-state index is -0.777. The second-order valence-corrected chi connectivity index (χ2v) is 9.17. The number of benzene rings is 3. The smallest absolute Gasteiger partial charge is 0.261 e. The molecule has 0 heterocycles. The van der Waals surface area contributed by atoms with Crippen molar-refractivity contribution in [3.63, 3.8) is 0 Å². The summed E-state index contributed by atoms with van der Waals surface area (Å²) in [6.07, 6.45) is 0.337. The molecule has 0 aliphatic carbocycles. The molecule has 3 aromatic carbocycles. The Labute approximate surface area is 217 Å². The topological polar surface area (TPSA) is 58.6 Å². The van der Waals surface area contributed by atoms with E-state index in [0.717, 1.165) is 16.7 Å². The van der Waals surface area contributed by atoms with Gasteiger partial charge >= 0.3 is 0 Å². The molecule has 0 unspecified atom stereocenters. The average molecular weight is 513 g/mol. The Morgan fingerprint density at radius 1 is 0.943 bits per heavy atom. The molecule has 0 radical (unpaired) electrons. The second-order valence-electron chi connectivity index (χ2n) is 8.36. The van der Waals surface area contributed by atoms with Gasteiger partial charge in [-0.1, -0.05) is 65.7 Å². The van der Waals surface area contributed by atoms with E-state index >= 15 is 0 Å². The average Bonchev–Trinajstić information content (AvgIpc) is 2.84. The van der Waals surface area contributed by atoms with Gasteiger partial charge in [0.25, 0.3) is 5.91 Å². The lowest BCUT2D eigenvalue weighted by Crippen LogP contribution is -2.51. The Morgan fingerprint density at radius 3 is 2.26 bits per heavy atom. The van der Waals surface area contributed by atoms with Gasteiger partial charge in [0.2, 0.25) is 5.91 Å². The predicted octanol–water partition coefficient (Wildman–Crippen LogP) is 5.77. The van der Waals surface area contributed by atoms with Gasteiger partial charge in [0.1, 0.15) is 11.8 Å². The first-order chi connectivity index (χ1) is 16.8. The van der Waals surface area contributed by atoms with Crippen molar-refractivity contribution in [2.75, 3.05) is 13.2 Å². The summed E-state index contributed by atoms with van der Waals surface area (Å²) in [5.74, 6) is 0.000234. The normalized spacial score (nSPS) is 11.6. The van der Waals surface area contributed by atoms with Crippen molar-refractivity contribution in [2.24, 2.45) is 0 Å². The van der Waals surface area contributed by atoms with Crippen LogP contribution in [0.3, 0.4) is 0 Å². The molecule has 0 aliphatic rings. The molecule has 7 heteroatoms. The zero-order valence-electron chi connectivity index (χ0n) is 20.2. The number of likely N-dealkylation sites (N-methyl/N-ethyl adjacent to an activating group) is 1. The number of aryl methyl sites for hydroxylation is 2. The highest BCUT2D eigenvalue weighted by Gasteiger charge is 2.31. The Hall–Kier alpha value is -3.02. The lowest BCUT2D eigenvalue weighted by molar-refractivity contribution is -0.142. The number of ether oxygens (including phenoxy) is 1. The van der Waals surface area contributed by atoms with Gasteiger partial charge in [0, 0.05) is 35.1 Å². The van der Waals surface area contributed by atoms with Crippen LogP contribution in [0, 0.1) is 13.8 Å². The summed E-state index contributed by atoms with van der Waals surface area (Å²) in [6.45, 7) is 6.13. The van der Waals surface area contributed by atoms with Crippen molar-refractivity contribution in [3.8, 4) is 5.75 Å². The molecule has 184 valence electrons. The van der Waals surface area contributed by atoms with Crippen molar-refractivity contribution in [3.05, 3.63) is 99.0 Å². The fourth-order valence-corrected chi connectivity index (χ4v) is 4.25. The lowest BCUT2D eigenvalue weighted by Gasteiger charge is -2.32. The molecule has 3 rings (SSSR count). The zero-order valence-corrected chi connectivity index (χ0v) is 21.7. The molecule has 1 atom stereocenters. The summed E-state index contributed by atoms with van der Waals surface area (Å²) in [5.41, 5.74) is 3.72. The van der Waals surface area contributed by atoms with Crippen molar-refractivity contribution in [2.45, 2.75) is 39.8 Å². The molecule has 0 aromatic heterocycles. The fraction of sp³-hybridized carbons (Fsp3) is 0.286. The van der Waals surface area contributed by atoms with E-state index in [0.29, 0.717) is 34.3 Å². The minimum Gasteiger partial charge on any atom is -0.484 e.